The van der Waals surface area contributed by atoms with Crippen LogP contribution in [-0.4, -0.2) is 22.2 Å². The molecular weight excluding hydrogens is 288 g/mol. The molecular formula is C8H6O4S4. The molecule has 0 radical (unpaired) electrons. The number of thiol groups is 1. The first-order valence-corrected chi connectivity index (χ1v) is 8.35. The molecule has 1 aromatic carbocycles. The Bertz CT molecular complexity index is 420. The third-order valence-electron chi connectivity index (χ3n) is 1.61. The Morgan fingerprint density at radius 2 is 1.88 bits per heavy atom. The minimum Gasteiger partial charge on any atom is -0.478 e. The number of hydrogen-bond donors (Lipinski definition) is 3. The fourth-order valence-electron chi connectivity index (χ4n) is 0.953. The maximum Gasteiger partial charge on any atom is 0.336 e. The zero-order valence-electron chi connectivity index (χ0n) is 7.61. The van der Waals surface area contributed by atoms with Crippen LogP contribution in [0.5, 0.6) is 0 Å². The van der Waals surface area contributed by atoms with E-state index in [0.717, 1.165) is 9.83 Å². The van der Waals surface area contributed by atoms with Crippen LogP contribution in [0.1, 0.15) is 20.7 Å². The first kappa shape index (κ1) is 13.6. The average molecular weight is 294 g/mol. The van der Waals surface area contributed by atoms with Crippen molar-refractivity contribution in [1.29, 1.82) is 0 Å². The van der Waals surface area contributed by atoms with Crippen LogP contribution >= 0.6 is 42.1 Å². The summed E-state index contributed by atoms with van der Waals surface area (Å²) in [5.74, 6) is -2.16. The van der Waals surface area contributed by atoms with Gasteiger partial charge in [0, 0.05) is 4.90 Å². The Kier molecular flexibility index (Phi) is 5.39. The summed E-state index contributed by atoms with van der Waals surface area (Å²) >= 11 is 3.90. The standard InChI is InChI=1S/C8H6O4S4/c9-7(10)4-1-2-5(8(11)12)6(3-4)14-16-15-13/h1-3,13H,(H,9,10)(H,11,12). The van der Waals surface area contributed by atoms with Crippen LogP contribution < -0.4 is 0 Å². The van der Waals surface area contributed by atoms with Gasteiger partial charge in [-0.2, -0.15) is 0 Å². The second-order valence-corrected chi connectivity index (χ2v) is 7.36. The van der Waals surface area contributed by atoms with Crippen molar-refractivity contribution in [3.8, 4) is 0 Å². The molecule has 0 amide bonds. The summed E-state index contributed by atoms with van der Waals surface area (Å²) < 4.78 is 0. The molecule has 1 aromatic rings. The molecule has 0 unspecified atom stereocenters. The van der Waals surface area contributed by atoms with Crippen molar-refractivity contribution in [2.24, 2.45) is 0 Å². The van der Waals surface area contributed by atoms with E-state index in [9.17, 15) is 9.59 Å². The van der Waals surface area contributed by atoms with Crippen molar-refractivity contribution < 1.29 is 19.8 Å². The van der Waals surface area contributed by atoms with E-state index in [-0.39, 0.29) is 11.1 Å². The molecule has 2 N–H and O–H groups in total. The van der Waals surface area contributed by atoms with E-state index in [4.69, 9.17) is 10.2 Å². The summed E-state index contributed by atoms with van der Waals surface area (Å²) in [5.41, 5.74) is 0.155. The van der Waals surface area contributed by atoms with Gasteiger partial charge >= 0.3 is 11.9 Å². The summed E-state index contributed by atoms with van der Waals surface area (Å²) in [5, 5.41) is 17.7. The smallest absolute Gasteiger partial charge is 0.336 e. The molecule has 0 bridgehead atoms. The van der Waals surface area contributed by atoms with E-state index >= 15 is 0 Å². The van der Waals surface area contributed by atoms with Gasteiger partial charge in [-0.3, -0.25) is 0 Å². The van der Waals surface area contributed by atoms with E-state index in [1.165, 1.54) is 38.8 Å². The second-order valence-electron chi connectivity index (χ2n) is 2.55. The summed E-state index contributed by atoms with van der Waals surface area (Å²) in [7, 11) is 3.59. The fourth-order valence-corrected chi connectivity index (χ4v) is 3.96. The molecule has 0 aromatic heterocycles. The maximum absolute atomic E-state index is 10.9. The van der Waals surface area contributed by atoms with Gasteiger partial charge in [-0.25, -0.2) is 9.59 Å². The lowest BCUT2D eigenvalue weighted by molar-refractivity contribution is 0.0678. The van der Waals surface area contributed by atoms with Gasteiger partial charge in [0.1, 0.15) is 0 Å². The van der Waals surface area contributed by atoms with Crippen LogP contribution in [0.15, 0.2) is 23.1 Å². The van der Waals surface area contributed by atoms with Crippen LogP contribution in [0.4, 0.5) is 0 Å². The minimum atomic E-state index is -1.08. The predicted octanol–water partition coefficient (Wildman–Crippen LogP) is 3.32. The summed E-state index contributed by atoms with van der Waals surface area (Å²) in [4.78, 5) is 22.0. The Balaban J connectivity index is 3.10. The largest absolute Gasteiger partial charge is 0.478 e. The van der Waals surface area contributed by atoms with Crippen molar-refractivity contribution >= 4 is 54.0 Å². The predicted molar refractivity (Wildman–Crippen MR) is 70.4 cm³/mol. The van der Waals surface area contributed by atoms with Crippen molar-refractivity contribution in [3.05, 3.63) is 29.3 Å². The van der Waals surface area contributed by atoms with E-state index in [0.29, 0.717) is 4.90 Å². The Morgan fingerprint density at radius 1 is 1.19 bits per heavy atom. The van der Waals surface area contributed by atoms with Crippen LogP contribution in [0.25, 0.3) is 0 Å². The van der Waals surface area contributed by atoms with Gasteiger partial charge < -0.3 is 10.2 Å². The first-order chi connectivity index (χ1) is 7.56. The lowest BCUT2D eigenvalue weighted by Gasteiger charge is -2.04. The molecule has 0 spiro atoms. The Morgan fingerprint density at radius 3 is 2.38 bits per heavy atom. The van der Waals surface area contributed by atoms with E-state index < -0.39 is 11.9 Å². The lowest BCUT2D eigenvalue weighted by atomic mass is 10.1. The molecule has 0 saturated heterocycles. The molecule has 0 aliphatic rings. The number of rotatable bonds is 5. The second kappa shape index (κ2) is 6.33. The molecule has 1 rings (SSSR count). The van der Waals surface area contributed by atoms with Gasteiger partial charge in [0.2, 0.25) is 0 Å². The molecule has 86 valence electrons. The monoisotopic (exact) mass is 294 g/mol. The molecule has 0 aliphatic heterocycles. The van der Waals surface area contributed by atoms with E-state index in [1.54, 1.807) is 0 Å². The highest BCUT2D eigenvalue weighted by molar-refractivity contribution is 9.23. The SMILES string of the molecule is O=C(O)c1ccc(C(=O)O)c(SSSS)c1. The molecule has 0 heterocycles. The maximum atomic E-state index is 10.9. The lowest BCUT2D eigenvalue weighted by Crippen LogP contribution is -2.02. The van der Waals surface area contributed by atoms with Crippen LogP contribution in [-0.2, 0) is 0 Å². The van der Waals surface area contributed by atoms with Crippen molar-refractivity contribution in [1.82, 2.24) is 0 Å². The normalized spacial score (nSPS) is 10.1. The number of carboxylic acid groups (broad SMARTS) is 2. The molecule has 0 fully saturated rings. The van der Waals surface area contributed by atoms with Gasteiger partial charge in [-0.15, -0.1) is 0 Å². The summed E-state index contributed by atoms with van der Waals surface area (Å²) in [6.45, 7) is 0. The topological polar surface area (TPSA) is 74.6 Å². The van der Waals surface area contributed by atoms with E-state index in [1.807, 2.05) is 0 Å². The van der Waals surface area contributed by atoms with Gasteiger partial charge in [0.25, 0.3) is 0 Å². The Labute approximate surface area is 108 Å². The number of carboxylic acids is 2. The number of benzene rings is 1. The number of carbonyl (C=O) groups is 2. The average Bonchev–Trinajstić information content (AvgIpc) is 2.25. The molecule has 0 saturated carbocycles. The highest BCUT2D eigenvalue weighted by Gasteiger charge is 2.14. The Hall–Kier alpha value is -0.440. The van der Waals surface area contributed by atoms with E-state index in [2.05, 4.69) is 11.7 Å². The van der Waals surface area contributed by atoms with Crippen LogP contribution in [0.2, 0.25) is 0 Å². The quantitative estimate of drug-likeness (QED) is 0.568. The van der Waals surface area contributed by atoms with Gasteiger partial charge in [0.15, 0.2) is 0 Å². The zero-order valence-corrected chi connectivity index (χ0v) is 11.0. The number of hydrogen-bond acceptors (Lipinski definition) is 6. The zero-order chi connectivity index (χ0) is 12.1. The van der Waals surface area contributed by atoms with Crippen molar-refractivity contribution in [2.45, 2.75) is 4.90 Å². The van der Waals surface area contributed by atoms with Crippen LogP contribution in [0.3, 0.4) is 0 Å². The number of aromatic carboxylic acids is 2. The van der Waals surface area contributed by atoms with Gasteiger partial charge in [-0.1, -0.05) is 11.7 Å². The molecule has 8 heteroatoms. The molecule has 16 heavy (non-hydrogen) atoms. The minimum absolute atomic E-state index is 0.0669. The highest BCUT2D eigenvalue weighted by Crippen LogP contribution is 2.43. The van der Waals surface area contributed by atoms with Crippen molar-refractivity contribution in [2.75, 3.05) is 0 Å². The summed E-state index contributed by atoms with van der Waals surface area (Å²) in [6.07, 6.45) is 0. The first-order valence-electron chi connectivity index (χ1n) is 3.81. The van der Waals surface area contributed by atoms with Crippen LogP contribution in [0, 0.1) is 0 Å². The van der Waals surface area contributed by atoms with Gasteiger partial charge in [-0.05, 0) is 48.6 Å². The third kappa shape index (κ3) is 3.55. The molecule has 4 nitrogen and oxygen atoms in total. The molecule has 0 aliphatic carbocycles. The third-order valence-corrected chi connectivity index (χ3v) is 5.99. The summed E-state index contributed by atoms with van der Waals surface area (Å²) in [6, 6.07) is 3.90. The van der Waals surface area contributed by atoms with Crippen molar-refractivity contribution in [3.63, 3.8) is 0 Å². The fraction of sp³-hybridized carbons (Fsp3) is 0. The molecule has 0 atom stereocenters. The van der Waals surface area contributed by atoms with Gasteiger partial charge in [0.05, 0.1) is 11.1 Å². The highest BCUT2D eigenvalue weighted by atomic mass is 33.7.